The minimum atomic E-state index is -3.52. The normalized spacial score (nSPS) is 12.0. The molecule has 2 N–H and O–H groups in total. The van der Waals surface area contributed by atoms with Crippen LogP contribution in [0.3, 0.4) is 0 Å². The van der Waals surface area contributed by atoms with Crippen LogP contribution in [0.4, 0.5) is 5.69 Å². The predicted molar refractivity (Wildman–Crippen MR) is 89.2 cm³/mol. The van der Waals surface area contributed by atoms with Gasteiger partial charge in [-0.05, 0) is 37.5 Å². The lowest BCUT2D eigenvalue weighted by atomic mass is 10.2. The predicted octanol–water partition coefficient (Wildman–Crippen LogP) is 3.82. The summed E-state index contributed by atoms with van der Waals surface area (Å²) in [6.45, 7) is 6.93. The smallest absolute Gasteiger partial charge is 0.243 e. The Morgan fingerprint density at radius 1 is 1.14 bits per heavy atom. The van der Waals surface area contributed by atoms with Crippen molar-refractivity contribution in [2.75, 3.05) is 18.8 Å². The van der Waals surface area contributed by atoms with Gasteiger partial charge in [-0.15, -0.1) is 0 Å². The SMILES string of the molecule is CCCCN(CCCC)S(=O)(=O)c1cc(N)c(Cl)cc1C. The van der Waals surface area contributed by atoms with Crippen molar-refractivity contribution in [3.63, 3.8) is 0 Å². The summed E-state index contributed by atoms with van der Waals surface area (Å²) in [5.74, 6) is 0. The molecule has 120 valence electrons. The van der Waals surface area contributed by atoms with E-state index in [1.807, 2.05) is 0 Å². The third kappa shape index (κ3) is 4.59. The number of halogens is 1. The standard InChI is InChI=1S/C15H25ClN2O2S/c1-4-6-8-18(9-7-5-2)21(19,20)15-11-14(17)13(16)10-12(15)3/h10-11H,4-9,17H2,1-3H3. The van der Waals surface area contributed by atoms with Gasteiger partial charge in [0.15, 0.2) is 0 Å². The van der Waals surface area contributed by atoms with Crippen molar-refractivity contribution in [2.24, 2.45) is 0 Å². The Hall–Kier alpha value is -0.780. The maximum Gasteiger partial charge on any atom is 0.243 e. The average Bonchev–Trinajstić information content (AvgIpc) is 2.42. The minimum absolute atomic E-state index is 0.261. The highest BCUT2D eigenvalue weighted by atomic mass is 35.5. The summed E-state index contributed by atoms with van der Waals surface area (Å²) in [6.07, 6.45) is 3.62. The second-order valence-electron chi connectivity index (χ2n) is 5.25. The number of nitrogens with two attached hydrogens (primary N) is 1. The fraction of sp³-hybridized carbons (Fsp3) is 0.600. The van der Waals surface area contributed by atoms with Gasteiger partial charge in [0.25, 0.3) is 0 Å². The Morgan fingerprint density at radius 3 is 2.14 bits per heavy atom. The summed E-state index contributed by atoms with van der Waals surface area (Å²) in [4.78, 5) is 0.261. The Kier molecular flexibility index (Phi) is 6.97. The zero-order valence-corrected chi connectivity index (χ0v) is 14.6. The molecule has 0 atom stereocenters. The molecule has 1 aromatic rings. The quantitative estimate of drug-likeness (QED) is 0.736. The number of anilines is 1. The molecule has 0 fully saturated rings. The number of aryl methyl sites for hydroxylation is 1. The number of hydrogen-bond acceptors (Lipinski definition) is 3. The van der Waals surface area contributed by atoms with Crippen molar-refractivity contribution >= 4 is 27.3 Å². The van der Waals surface area contributed by atoms with Crippen molar-refractivity contribution in [1.82, 2.24) is 4.31 Å². The molecule has 0 aliphatic carbocycles. The van der Waals surface area contributed by atoms with E-state index in [4.69, 9.17) is 17.3 Å². The Morgan fingerprint density at radius 2 is 1.67 bits per heavy atom. The molecule has 0 aliphatic heterocycles. The van der Waals surface area contributed by atoms with Gasteiger partial charge in [0.05, 0.1) is 15.6 Å². The molecule has 0 heterocycles. The maximum atomic E-state index is 12.9. The van der Waals surface area contributed by atoms with Crippen molar-refractivity contribution < 1.29 is 8.42 Å². The first-order valence-electron chi connectivity index (χ1n) is 7.40. The van der Waals surface area contributed by atoms with Crippen molar-refractivity contribution in [3.8, 4) is 0 Å². The number of benzene rings is 1. The lowest BCUT2D eigenvalue weighted by Crippen LogP contribution is -2.33. The summed E-state index contributed by atoms with van der Waals surface area (Å²) < 4.78 is 27.3. The topological polar surface area (TPSA) is 63.4 Å². The molecule has 0 bridgehead atoms. The number of sulfonamides is 1. The van der Waals surface area contributed by atoms with Crippen LogP contribution in [0.5, 0.6) is 0 Å². The van der Waals surface area contributed by atoms with E-state index >= 15 is 0 Å². The lowest BCUT2D eigenvalue weighted by molar-refractivity contribution is 0.395. The molecule has 0 radical (unpaired) electrons. The molecule has 21 heavy (non-hydrogen) atoms. The summed E-state index contributed by atoms with van der Waals surface area (Å²) in [5.41, 5.74) is 6.70. The second-order valence-corrected chi connectivity index (χ2v) is 7.56. The molecule has 0 unspecified atom stereocenters. The van der Waals surface area contributed by atoms with Crippen LogP contribution in [0, 0.1) is 6.92 Å². The van der Waals surface area contributed by atoms with Crippen LogP contribution in [0.25, 0.3) is 0 Å². The first kappa shape index (κ1) is 18.3. The number of nitrogens with zero attached hydrogens (tertiary/aromatic N) is 1. The molecular weight excluding hydrogens is 308 g/mol. The fourth-order valence-electron chi connectivity index (χ4n) is 2.11. The number of nitrogen functional groups attached to an aromatic ring is 1. The average molecular weight is 333 g/mol. The van der Waals surface area contributed by atoms with E-state index in [1.54, 1.807) is 17.3 Å². The van der Waals surface area contributed by atoms with Crippen LogP contribution in [-0.4, -0.2) is 25.8 Å². The van der Waals surface area contributed by atoms with Gasteiger partial charge in [-0.25, -0.2) is 8.42 Å². The van der Waals surface area contributed by atoms with Gasteiger partial charge in [0, 0.05) is 13.1 Å². The van der Waals surface area contributed by atoms with E-state index < -0.39 is 10.0 Å². The summed E-state index contributed by atoms with van der Waals surface area (Å²) >= 11 is 5.95. The van der Waals surface area contributed by atoms with E-state index in [1.165, 1.54) is 6.07 Å². The van der Waals surface area contributed by atoms with Gasteiger partial charge in [-0.1, -0.05) is 38.3 Å². The highest BCUT2D eigenvalue weighted by molar-refractivity contribution is 7.89. The Balaban J connectivity index is 3.18. The van der Waals surface area contributed by atoms with Crippen molar-refractivity contribution in [1.29, 1.82) is 0 Å². The lowest BCUT2D eigenvalue weighted by Gasteiger charge is -2.23. The van der Waals surface area contributed by atoms with Gasteiger partial charge in [0.1, 0.15) is 0 Å². The van der Waals surface area contributed by atoms with Crippen LogP contribution in [0.2, 0.25) is 5.02 Å². The zero-order chi connectivity index (χ0) is 16.0. The molecule has 0 aromatic heterocycles. The van der Waals surface area contributed by atoms with Crippen LogP contribution >= 0.6 is 11.6 Å². The third-order valence-corrected chi connectivity index (χ3v) is 5.80. The van der Waals surface area contributed by atoms with Crippen LogP contribution in [0.1, 0.15) is 45.1 Å². The summed E-state index contributed by atoms with van der Waals surface area (Å²) in [6, 6.07) is 3.08. The highest BCUT2D eigenvalue weighted by Gasteiger charge is 2.26. The number of hydrogen-bond donors (Lipinski definition) is 1. The second kappa shape index (κ2) is 8.01. The Labute approximate surface area is 133 Å². The highest BCUT2D eigenvalue weighted by Crippen LogP contribution is 2.28. The van der Waals surface area contributed by atoms with Crippen molar-refractivity contribution in [2.45, 2.75) is 51.3 Å². The summed E-state index contributed by atoms with van der Waals surface area (Å²) in [5, 5.41) is 0.389. The van der Waals surface area contributed by atoms with E-state index in [-0.39, 0.29) is 4.90 Å². The molecule has 0 saturated heterocycles. The summed E-state index contributed by atoms with van der Waals surface area (Å²) in [7, 11) is -3.52. The van der Waals surface area contributed by atoms with Gasteiger partial charge < -0.3 is 5.73 Å². The molecule has 0 saturated carbocycles. The Bertz CT molecular complexity index is 565. The minimum Gasteiger partial charge on any atom is -0.397 e. The molecule has 1 rings (SSSR count). The number of unbranched alkanes of at least 4 members (excludes halogenated alkanes) is 2. The molecule has 0 aliphatic rings. The fourth-order valence-corrected chi connectivity index (χ4v) is 4.08. The molecule has 0 amide bonds. The third-order valence-electron chi connectivity index (χ3n) is 3.43. The maximum absolute atomic E-state index is 12.9. The van der Waals surface area contributed by atoms with E-state index in [9.17, 15) is 8.42 Å². The van der Waals surface area contributed by atoms with Crippen LogP contribution in [-0.2, 0) is 10.0 Å². The van der Waals surface area contributed by atoms with Crippen LogP contribution < -0.4 is 5.73 Å². The van der Waals surface area contributed by atoms with Crippen LogP contribution in [0.15, 0.2) is 17.0 Å². The molecule has 0 spiro atoms. The first-order valence-corrected chi connectivity index (χ1v) is 9.22. The van der Waals surface area contributed by atoms with E-state index in [2.05, 4.69) is 13.8 Å². The molecule has 1 aromatic carbocycles. The van der Waals surface area contributed by atoms with Gasteiger partial charge in [-0.2, -0.15) is 4.31 Å². The monoisotopic (exact) mass is 332 g/mol. The van der Waals surface area contributed by atoms with Gasteiger partial charge in [-0.3, -0.25) is 0 Å². The van der Waals surface area contributed by atoms with Gasteiger partial charge in [0.2, 0.25) is 10.0 Å². The number of rotatable bonds is 8. The first-order chi connectivity index (χ1) is 9.84. The molecule has 4 nitrogen and oxygen atoms in total. The van der Waals surface area contributed by atoms with E-state index in [0.29, 0.717) is 29.4 Å². The van der Waals surface area contributed by atoms with Crippen molar-refractivity contribution in [3.05, 3.63) is 22.7 Å². The van der Waals surface area contributed by atoms with Gasteiger partial charge >= 0.3 is 0 Å². The molecular formula is C15H25ClN2O2S. The van der Waals surface area contributed by atoms with E-state index in [0.717, 1.165) is 25.7 Å². The zero-order valence-electron chi connectivity index (χ0n) is 13.0. The largest absolute Gasteiger partial charge is 0.397 e. The molecule has 6 heteroatoms.